The van der Waals surface area contributed by atoms with Gasteiger partial charge in [-0.3, -0.25) is 5.32 Å². The zero-order chi connectivity index (χ0) is 16.3. The highest BCUT2D eigenvalue weighted by Gasteiger charge is 2.16. The van der Waals surface area contributed by atoms with Crippen molar-refractivity contribution in [3.8, 4) is 11.1 Å². The van der Waals surface area contributed by atoms with E-state index in [4.69, 9.17) is 4.74 Å². The van der Waals surface area contributed by atoms with Crippen molar-refractivity contribution in [1.82, 2.24) is 0 Å². The molecule has 0 aliphatic carbocycles. The zero-order valence-corrected chi connectivity index (χ0v) is 13.2. The Bertz CT molecular complexity index is 672. The molecule has 0 spiro atoms. The number of carbonyl (C=O) groups excluding carboxylic acids is 1. The number of halogens is 1. The number of carbonyl (C=O) groups is 1. The molecule has 0 radical (unpaired) electrons. The van der Waals surface area contributed by atoms with Crippen molar-refractivity contribution in [2.75, 3.05) is 5.32 Å². The van der Waals surface area contributed by atoms with Crippen LogP contribution >= 0.6 is 0 Å². The third kappa shape index (κ3) is 4.32. The fourth-order valence-corrected chi connectivity index (χ4v) is 2.06. The number of nitrogens with one attached hydrogen (secondary N) is 1. The van der Waals surface area contributed by atoms with Gasteiger partial charge in [0.05, 0.1) is 0 Å². The number of anilines is 1. The number of rotatable bonds is 2. The highest BCUT2D eigenvalue weighted by molar-refractivity contribution is 5.86. The number of amides is 1. The van der Waals surface area contributed by atoms with Gasteiger partial charge in [-0.15, -0.1) is 0 Å². The van der Waals surface area contributed by atoms with E-state index in [1.165, 1.54) is 12.1 Å². The minimum absolute atomic E-state index is 0.274. The molecular formula is C18H20FNO2. The molecule has 0 bridgehead atoms. The SMILES string of the molecule is Cc1ccc(NC(=O)OC(C)(C)C)cc1-c1ccc(F)cc1. The fraction of sp³-hybridized carbons (Fsp3) is 0.278. The Hall–Kier alpha value is -2.36. The second-order valence-electron chi connectivity index (χ2n) is 6.16. The Balaban J connectivity index is 2.23. The van der Waals surface area contributed by atoms with Gasteiger partial charge in [0.1, 0.15) is 11.4 Å². The van der Waals surface area contributed by atoms with Crippen LogP contribution in [-0.4, -0.2) is 11.7 Å². The summed E-state index contributed by atoms with van der Waals surface area (Å²) in [6.07, 6.45) is -0.499. The van der Waals surface area contributed by atoms with Gasteiger partial charge in [0.25, 0.3) is 0 Å². The van der Waals surface area contributed by atoms with Crippen LogP contribution in [0.2, 0.25) is 0 Å². The highest BCUT2D eigenvalue weighted by Crippen LogP contribution is 2.27. The van der Waals surface area contributed by atoms with Gasteiger partial charge in [0, 0.05) is 5.69 Å². The molecule has 3 nitrogen and oxygen atoms in total. The van der Waals surface area contributed by atoms with Gasteiger partial charge in [-0.1, -0.05) is 18.2 Å². The van der Waals surface area contributed by atoms with Crippen molar-refractivity contribution in [2.24, 2.45) is 0 Å². The molecule has 0 saturated heterocycles. The molecule has 2 aromatic carbocycles. The first-order valence-electron chi connectivity index (χ1n) is 7.11. The second kappa shape index (κ2) is 6.18. The van der Waals surface area contributed by atoms with E-state index < -0.39 is 11.7 Å². The molecule has 1 amide bonds. The molecule has 116 valence electrons. The summed E-state index contributed by atoms with van der Waals surface area (Å²) < 4.78 is 18.3. The fourth-order valence-electron chi connectivity index (χ4n) is 2.06. The monoisotopic (exact) mass is 301 g/mol. The lowest BCUT2D eigenvalue weighted by atomic mass is 10.00. The predicted molar refractivity (Wildman–Crippen MR) is 86.4 cm³/mol. The van der Waals surface area contributed by atoms with Crippen molar-refractivity contribution in [2.45, 2.75) is 33.3 Å². The number of hydrogen-bond donors (Lipinski definition) is 1. The molecule has 2 aromatic rings. The van der Waals surface area contributed by atoms with Crippen molar-refractivity contribution in [1.29, 1.82) is 0 Å². The van der Waals surface area contributed by atoms with Gasteiger partial charge >= 0.3 is 6.09 Å². The summed E-state index contributed by atoms with van der Waals surface area (Å²) in [7, 11) is 0. The van der Waals surface area contributed by atoms with Crippen molar-refractivity contribution in [3.05, 3.63) is 53.8 Å². The molecule has 1 N–H and O–H groups in total. The van der Waals surface area contributed by atoms with E-state index in [9.17, 15) is 9.18 Å². The molecule has 4 heteroatoms. The average Bonchev–Trinajstić information content (AvgIpc) is 2.40. The van der Waals surface area contributed by atoms with Crippen molar-refractivity contribution < 1.29 is 13.9 Å². The first-order valence-corrected chi connectivity index (χ1v) is 7.11. The van der Waals surface area contributed by atoms with Gasteiger partial charge in [0.15, 0.2) is 0 Å². The minimum atomic E-state index is -0.547. The largest absolute Gasteiger partial charge is 0.444 e. The minimum Gasteiger partial charge on any atom is -0.444 e. The molecule has 0 saturated carbocycles. The van der Waals surface area contributed by atoms with Crippen LogP contribution in [0.5, 0.6) is 0 Å². The maximum absolute atomic E-state index is 13.0. The number of ether oxygens (including phenoxy) is 1. The van der Waals surface area contributed by atoms with Gasteiger partial charge < -0.3 is 4.74 Å². The van der Waals surface area contributed by atoms with Gasteiger partial charge in [-0.05, 0) is 68.7 Å². The topological polar surface area (TPSA) is 38.3 Å². The second-order valence-corrected chi connectivity index (χ2v) is 6.16. The van der Waals surface area contributed by atoms with Gasteiger partial charge in [-0.25, -0.2) is 9.18 Å². The van der Waals surface area contributed by atoms with Crippen LogP contribution < -0.4 is 5.32 Å². The van der Waals surface area contributed by atoms with E-state index >= 15 is 0 Å². The van der Waals surface area contributed by atoms with E-state index in [-0.39, 0.29) is 5.82 Å². The van der Waals surface area contributed by atoms with Crippen LogP contribution in [0.15, 0.2) is 42.5 Å². The van der Waals surface area contributed by atoms with Crippen molar-refractivity contribution in [3.63, 3.8) is 0 Å². The maximum atomic E-state index is 13.0. The summed E-state index contributed by atoms with van der Waals surface area (Å²) in [5.74, 6) is -0.274. The number of benzene rings is 2. The van der Waals surface area contributed by atoms with Crippen LogP contribution in [0.25, 0.3) is 11.1 Å². The Morgan fingerprint density at radius 2 is 1.73 bits per heavy atom. The lowest BCUT2D eigenvalue weighted by molar-refractivity contribution is 0.0636. The van der Waals surface area contributed by atoms with Crippen LogP contribution in [0.1, 0.15) is 26.3 Å². The molecule has 0 aromatic heterocycles. The van der Waals surface area contributed by atoms with Crippen LogP contribution in [0.3, 0.4) is 0 Å². The predicted octanol–water partition coefficient (Wildman–Crippen LogP) is 5.15. The first kappa shape index (κ1) is 16.0. The summed E-state index contributed by atoms with van der Waals surface area (Å²) in [5, 5.41) is 2.71. The molecule has 0 aliphatic heterocycles. The van der Waals surface area contributed by atoms with Crippen LogP contribution in [0.4, 0.5) is 14.9 Å². The molecule has 0 unspecified atom stereocenters. The van der Waals surface area contributed by atoms with Gasteiger partial charge in [0.2, 0.25) is 0 Å². The quantitative estimate of drug-likeness (QED) is 0.833. The average molecular weight is 301 g/mol. The number of hydrogen-bond acceptors (Lipinski definition) is 2. The van der Waals surface area contributed by atoms with Gasteiger partial charge in [-0.2, -0.15) is 0 Å². The Kier molecular flexibility index (Phi) is 4.50. The summed E-state index contributed by atoms with van der Waals surface area (Å²) >= 11 is 0. The summed E-state index contributed by atoms with van der Waals surface area (Å²) in [6, 6.07) is 11.8. The van der Waals surface area contributed by atoms with E-state index in [0.717, 1.165) is 16.7 Å². The number of aryl methyl sites for hydroxylation is 1. The Morgan fingerprint density at radius 1 is 1.09 bits per heavy atom. The highest BCUT2D eigenvalue weighted by atomic mass is 19.1. The smallest absolute Gasteiger partial charge is 0.412 e. The standard InChI is InChI=1S/C18H20FNO2/c1-12-5-10-15(20-17(21)22-18(2,3)4)11-16(12)13-6-8-14(19)9-7-13/h5-11H,1-4H3,(H,20,21). The van der Waals surface area contributed by atoms with E-state index in [0.29, 0.717) is 5.69 Å². The lowest BCUT2D eigenvalue weighted by Gasteiger charge is -2.20. The zero-order valence-electron chi connectivity index (χ0n) is 13.2. The third-order valence-electron chi connectivity index (χ3n) is 3.04. The molecular weight excluding hydrogens is 281 g/mol. The molecule has 0 aliphatic rings. The molecule has 0 atom stereocenters. The summed E-state index contributed by atoms with van der Waals surface area (Å²) in [6.45, 7) is 7.40. The maximum Gasteiger partial charge on any atom is 0.412 e. The normalized spacial score (nSPS) is 11.1. The molecule has 2 rings (SSSR count). The molecule has 22 heavy (non-hydrogen) atoms. The summed E-state index contributed by atoms with van der Waals surface area (Å²) in [4.78, 5) is 11.8. The molecule has 0 fully saturated rings. The Labute approximate surface area is 130 Å². The Morgan fingerprint density at radius 3 is 2.32 bits per heavy atom. The van der Waals surface area contributed by atoms with Crippen LogP contribution in [0, 0.1) is 12.7 Å². The van der Waals surface area contributed by atoms with E-state index in [2.05, 4.69) is 5.32 Å². The van der Waals surface area contributed by atoms with E-state index in [1.54, 1.807) is 12.1 Å². The van der Waals surface area contributed by atoms with Crippen molar-refractivity contribution >= 4 is 11.8 Å². The third-order valence-corrected chi connectivity index (χ3v) is 3.04. The molecule has 0 heterocycles. The lowest BCUT2D eigenvalue weighted by Crippen LogP contribution is -2.27. The van der Waals surface area contributed by atoms with Crippen LogP contribution in [-0.2, 0) is 4.74 Å². The van der Waals surface area contributed by atoms with E-state index in [1.807, 2.05) is 45.9 Å². The summed E-state index contributed by atoms with van der Waals surface area (Å²) in [5.41, 5.74) is 2.97. The first-order chi connectivity index (χ1) is 10.2.